The lowest BCUT2D eigenvalue weighted by molar-refractivity contribution is 0.119. The molecular formula is C15H23NO4S. The number of nitrogens with one attached hydrogen (secondary N) is 1. The summed E-state index contributed by atoms with van der Waals surface area (Å²) in [5.74, 6) is 0.895. The first-order valence-corrected chi connectivity index (χ1v) is 8.68. The number of ether oxygens (including phenoxy) is 1. The quantitative estimate of drug-likeness (QED) is 0.871. The van der Waals surface area contributed by atoms with Gasteiger partial charge in [0.25, 0.3) is 0 Å². The number of methoxy groups -OCH3 is 1. The van der Waals surface area contributed by atoms with Crippen LogP contribution in [0.5, 0.6) is 5.75 Å². The lowest BCUT2D eigenvalue weighted by Gasteiger charge is -2.39. The van der Waals surface area contributed by atoms with Crippen molar-refractivity contribution in [1.29, 1.82) is 0 Å². The Morgan fingerprint density at radius 3 is 2.86 bits per heavy atom. The van der Waals surface area contributed by atoms with Crippen LogP contribution in [0, 0.1) is 5.92 Å². The highest BCUT2D eigenvalue weighted by molar-refractivity contribution is 7.89. The molecule has 2 unspecified atom stereocenters. The van der Waals surface area contributed by atoms with Gasteiger partial charge in [0, 0.05) is 6.07 Å². The van der Waals surface area contributed by atoms with Gasteiger partial charge in [-0.1, -0.05) is 25.8 Å². The predicted molar refractivity (Wildman–Crippen MR) is 80.8 cm³/mol. The first-order valence-electron chi connectivity index (χ1n) is 7.20. The maximum Gasteiger partial charge on any atom is 0.241 e. The average molecular weight is 313 g/mol. The molecule has 1 aromatic carbocycles. The molecule has 5 nitrogen and oxygen atoms in total. The summed E-state index contributed by atoms with van der Waals surface area (Å²) in [6.07, 6.45) is 3.31. The molecule has 118 valence electrons. The van der Waals surface area contributed by atoms with Crippen molar-refractivity contribution in [2.45, 2.75) is 43.0 Å². The van der Waals surface area contributed by atoms with E-state index in [1.807, 2.05) is 0 Å². The van der Waals surface area contributed by atoms with Crippen LogP contribution in [-0.2, 0) is 10.0 Å². The second kappa shape index (κ2) is 6.34. The number of aliphatic hydroxyl groups is 1. The molecule has 2 rings (SSSR count). The van der Waals surface area contributed by atoms with Crippen LogP contribution in [0.15, 0.2) is 29.2 Å². The van der Waals surface area contributed by atoms with E-state index in [1.54, 1.807) is 12.1 Å². The van der Waals surface area contributed by atoms with E-state index in [9.17, 15) is 13.5 Å². The van der Waals surface area contributed by atoms with Crippen molar-refractivity contribution >= 4 is 10.0 Å². The highest BCUT2D eigenvalue weighted by Gasteiger charge is 2.38. The van der Waals surface area contributed by atoms with Gasteiger partial charge in [-0.3, -0.25) is 0 Å². The van der Waals surface area contributed by atoms with E-state index in [0.29, 0.717) is 24.5 Å². The fourth-order valence-corrected chi connectivity index (χ4v) is 4.51. The number of hydrogen-bond acceptors (Lipinski definition) is 4. The van der Waals surface area contributed by atoms with Crippen LogP contribution in [0.3, 0.4) is 0 Å². The molecule has 0 radical (unpaired) electrons. The minimum atomic E-state index is -3.68. The maximum atomic E-state index is 12.6. The van der Waals surface area contributed by atoms with Gasteiger partial charge in [0.15, 0.2) is 0 Å². The van der Waals surface area contributed by atoms with Crippen molar-refractivity contribution in [3.8, 4) is 5.75 Å². The number of aliphatic hydroxyl groups excluding tert-OH is 1. The van der Waals surface area contributed by atoms with E-state index in [0.717, 1.165) is 12.8 Å². The zero-order valence-corrected chi connectivity index (χ0v) is 13.3. The second-order valence-electron chi connectivity index (χ2n) is 5.92. The van der Waals surface area contributed by atoms with Crippen LogP contribution >= 0.6 is 0 Å². The lowest BCUT2D eigenvalue weighted by Crippen LogP contribution is -2.53. The molecule has 0 heterocycles. The fourth-order valence-electron chi connectivity index (χ4n) is 3.04. The van der Waals surface area contributed by atoms with Crippen molar-refractivity contribution < 1.29 is 18.3 Å². The van der Waals surface area contributed by atoms with Crippen molar-refractivity contribution in [3.63, 3.8) is 0 Å². The zero-order valence-electron chi connectivity index (χ0n) is 12.5. The normalized spacial score (nSPS) is 26.5. The number of sulfonamides is 1. The topological polar surface area (TPSA) is 75.6 Å². The summed E-state index contributed by atoms with van der Waals surface area (Å²) in [5.41, 5.74) is -0.750. The van der Waals surface area contributed by atoms with Crippen LogP contribution in [0.2, 0.25) is 0 Å². The minimum Gasteiger partial charge on any atom is -0.497 e. The van der Waals surface area contributed by atoms with Gasteiger partial charge >= 0.3 is 0 Å². The molecule has 1 fully saturated rings. The monoisotopic (exact) mass is 313 g/mol. The SMILES string of the molecule is COc1cccc(S(=O)(=O)NC2(CO)CCCC(C)C2)c1. The zero-order chi connectivity index (χ0) is 15.5. The molecule has 1 aliphatic carbocycles. The summed E-state index contributed by atoms with van der Waals surface area (Å²) in [7, 11) is -2.18. The fraction of sp³-hybridized carbons (Fsp3) is 0.600. The molecule has 2 atom stereocenters. The Morgan fingerprint density at radius 1 is 1.48 bits per heavy atom. The van der Waals surface area contributed by atoms with Gasteiger partial charge in [-0.2, -0.15) is 0 Å². The Morgan fingerprint density at radius 2 is 2.24 bits per heavy atom. The molecule has 21 heavy (non-hydrogen) atoms. The van der Waals surface area contributed by atoms with Crippen molar-refractivity contribution in [3.05, 3.63) is 24.3 Å². The third-order valence-corrected chi connectivity index (χ3v) is 5.67. The standard InChI is InChI=1S/C15H23NO4S/c1-12-5-4-8-15(10-12,11-17)16-21(18,19)14-7-3-6-13(9-14)20-2/h3,6-7,9,12,16-17H,4-5,8,10-11H2,1-2H3. The molecule has 0 saturated heterocycles. The van der Waals surface area contributed by atoms with Crippen molar-refractivity contribution in [2.75, 3.05) is 13.7 Å². The maximum absolute atomic E-state index is 12.6. The Labute approximate surface area is 126 Å². The van der Waals surface area contributed by atoms with Crippen LogP contribution in [-0.4, -0.2) is 32.8 Å². The van der Waals surface area contributed by atoms with Crippen molar-refractivity contribution in [2.24, 2.45) is 5.92 Å². The first kappa shape index (κ1) is 16.3. The van der Waals surface area contributed by atoms with E-state index in [4.69, 9.17) is 4.74 Å². The summed E-state index contributed by atoms with van der Waals surface area (Å²) in [5, 5.41) is 9.72. The van der Waals surface area contributed by atoms with Crippen LogP contribution in [0.25, 0.3) is 0 Å². The Kier molecular flexibility index (Phi) is 4.91. The van der Waals surface area contributed by atoms with Gasteiger partial charge in [0.2, 0.25) is 10.0 Å². The van der Waals surface area contributed by atoms with Crippen LogP contribution < -0.4 is 9.46 Å². The average Bonchev–Trinajstić information content (AvgIpc) is 2.47. The number of hydrogen-bond donors (Lipinski definition) is 2. The molecule has 6 heteroatoms. The molecule has 2 N–H and O–H groups in total. The summed E-state index contributed by atoms with van der Waals surface area (Å²) in [6.45, 7) is 1.91. The summed E-state index contributed by atoms with van der Waals surface area (Å²) in [6, 6.07) is 6.36. The first-order chi connectivity index (χ1) is 9.91. The van der Waals surface area contributed by atoms with Crippen LogP contribution in [0.4, 0.5) is 0 Å². The van der Waals surface area contributed by atoms with E-state index in [-0.39, 0.29) is 11.5 Å². The Bertz CT molecular complexity index is 587. The van der Waals surface area contributed by atoms with Gasteiger partial charge in [0.05, 0.1) is 24.2 Å². The molecule has 1 saturated carbocycles. The van der Waals surface area contributed by atoms with E-state index < -0.39 is 15.6 Å². The summed E-state index contributed by atoms with van der Waals surface area (Å²) < 4.78 is 32.9. The summed E-state index contributed by atoms with van der Waals surface area (Å²) in [4.78, 5) is 0.160. The summed E-state index contributed by atoms with van der Waals surface area (Å²) >= 11 is 0. The molecule has 0 spiro atoms. The molecule has 0 aliphatic heterocycles. The molecule has 1 aliphatic rings. The predicted octanol–water partition coefficient (Wildman–Crippen LogP) is 1.91. The highest BCUT2D eigenvalue weighted by Crippen LogP contribution is 2.33. The smallest absolute Gasteiger partial charge is 0.241 e. The molecular weight excluding hydrogens is 290 g/mol. The molecule has 0 bridgehead atoms. The third kappa shape index (κ3) is 3.75. The largest absolute Gasteiger partial charge is 0.497 e. The van der Waals surface area contributed by atoms with E-state index >= 15 is 0 Å². The number of rotatable bonds is 5. The van der Waals surface area contributed by atoms with Crippen molar-refractivity contribution in [1.82, 2.24) is 4.72 Å². The second-order valence-corrected chi connectivity index (χ2v) is 7.61. The highest BCUT2D eigenvalue weighted by atomic mass is 32.2. The Hall–Kier alpha value is -1.11. The van der Waals surface area contributed by atoms with Gasteiger partial charge in [-0.25, -0.2) is 13.1 Å². The number of benzene rings is 1. The van der Waals surface area contributed by atoms with Gasteiger partial charge in [0.1, 0.15) is 5.75 Å². The minimum absolute atomic E-state index is 0.160. The van der Waals surface area contributed by atoms with Gasteiger partial charge in [-0.05, 0) is 30.9 Å². The lowest BCUT2D eigenvalue weighted by atomic mass is 9.78. The van der Waals surface area contributed by atoms with E-state index in [2.05, 4.69) is 11.6 Å². The molecule has 0 aromatic heterocycles. The molecule has 1 aromatic rings. The molecule has 0 amide bonds. The van der Waals surface area contributed by atoms with E-state index in [1.165, 1.54) is 19.2 Å². The Balaban J connectivity index is 2.26. The van der Waals surface area contributed by atoms with Gasteiger partial charge in [-0.15, -0.1) is 0 Å². The van der Waals surface area contributed by atoms with Gasteiger partial charge < -0.3 is 9.84 Å². The van der Waals surface area contributed by atoms with Crippen LogP contribution in [0.1, 0.15) is 32.6 Å². The third-order valence-electron chi connectivity index (χ3n) is 4.10.